The van der Waals surface area contributed by atoms with Gasteiger partial charge in [0.15, 0.2) is 0 Å². The molecule has 3 heterocycles. The molecule has 126 valence electrons. The molecule has 0 saturated heterocycles. The highest BCUT2D eigenvalue weighted by atomic mass is 19.1. The minimum atomic E-state index is -0.338. The zero-order valence-corrected chi connectivity index (χ0v) is 13.8. The van der Waals surface area contributed by atoms with Gasteiger partial charge in [-0.3, -0.25) is 9.97 Å². The first-order chi connectivity index (χ1) is 12.3. The number of ether oxygens (including phenoxy) is 1. The van der Waals surface area contributed by atoms with E-state index in [0.29, 0.717) is 12.5 Å². The molecular formula is C20H18FN3O. The van der Waals surface area contributed by atoms with Crippen LogP contribution in [0, 0.1) is 5.82 Å². The Bertz CT molecular complexity index is 883. The maximum atomic E-state index is 13.6. The highest BCUT2D eigenvalue weighted by Gasteiger charge is 2.18. The van der Waals surface area contributed by atoms with Crippen molar-refractivity contribution >= 4 is 0 Å². The Balaban J connectivity index is 1.70. The summed E-state index contributed by atoms with van der Waals surface area (Å²) in [6, 6.07) is 9.12. The number of hydrogen-bond donors (Lipinski definition) is 0. The molecule has 0 bridgehead atoms. The highest BCUT2D eigenvalue weighted by Crippen LogP contribution is 2.33. The van der Waals surface area contributed by atoms with Crippen LogP contribution < -0.4 is 4.74 Å². The molecule has 0 unspecified atom stereocenters. The number of fused-ring (bicyclic) bond motifs is 1. The molecule has 0 N–H and O–H groups in total. The van der Waals surface area contributed by atoms with E-state index in [1.165, 1.54) is 17.8 Å². The summed E-state index contributed by atoms with van der Waals surface area (Å²) in [5.41, 5.74) is 4.81. The molecule has 5 heteroatoms. The van der Waals surface area contributed by atoms with Gasteiger partial charge in [-0.1, -0.05) is 6.07 Å². The van der Waals surface area contributed by atoms with Crippen molar-refractivity contribution < 1.29 is 9.13 Å². The molecule has 1 aliphatic rings. The first kappa shape index (κ1) is 15.7. The fourth-order valence-corrected chi connectivity index (χ4v) is 3.20. The molecule has 0 radical (unpaired) electrons. The lowest BCUT2D eigenvalue weighted by atomic mass is 9.90. The van der Waals surface area contributed by atoms with E-state index in [0.717, 1.165) is 48.2 Å². The Morgan fingerprint density at radius 2 is 2.00 bits per heavy atom. The Hall–Kier alpha value is -2.82. The number of aromatic nitrogens is 3. The van der Waals surface area contributed by atoms with Crippen molar-refractivity contribution in [3.05, 3.63) is 71.7 Å². The molecule has 3 aromatic rings. The van der Waals surface area contributed by atoms with Crippen molar-refractivity contribution in [2.75, 3.05) is 0 Å². The van der Waals surface area contributed by atoms with Gasteiger partial charge in [0.05, 0.1) is 11.9 Å². The van der Waals surface area contributed by atoms with Crippen LogP contribution in [0.1, 0.15) is 29.8 Å². The summed E-state index contributed by atoms with van der Waals surface area (Å²) in [7, 11) is 0. The largest absolute Gasteiger partial charge is 0.471 e. The topological polar surface area (TPSA) is 47.9 Å². The van der Waals surface area contributed by atoms with E-state index in [1.807, 2.05) is 24.3 Å². The van der Waals surface area contributed by atoms with Gasteiger partial charge < -0.3 is 4.74 Å². The lowest BCUT2D eigenvalue weighted by Crippen LogP contribution is -2.09. The SMILES string of the molecule is Fc1cncc(-c2cc(OCc3ccccn3)nc3c2CCCC3)c1. The zero-order chi connectivity index (χ0) is 17.1. The fraction of sp³-hybridized carbons (Fsp3) is 0.250. The average molecular weight is 335 g/mol. The Kier molecular flexibility index (Phi) is 4.37. The van der Waals surface area contributed by atoms with Crippen LogP contribution in [0.4, 0.5) is 4.39 Å². The van der Waals surface area contributed by atoms with Crippen LogP contribution in [-0.4, -0.2) is 15.0 Å². The second kappa shape index (κ2) is 6.97. The lowest BCUT2D eigenvalue weighted by Gasteiger charge is -2.20. The summed E-state index contributed by atoms with van der Waals surface area (Å²) in [6.07, 6.45) is 8.76. The normalized spacial score (nSPS) is 13.3. The molecular weight excluding hydrogens is 317 g/mol. The van der Waals surface area contributed by atoms with E-state index in [-0.39, 0.29) is 5.82 Å². The van der Waals surface area contributed by atoms with Crippen LogP contribution in [0.25, 0.3) is 11.1 Å². The molecule has 0 amide bonds. The predicted molar refractivity (Wildman–Crippen MR) is 92.6 cm³/mol. The quantitative estimate of drug-likeness (QED) is 0.719. The summed E-state index contributed by atoms with van der Waals surface area (Å²) >= 11 is 0. The van der Waals surface area contributed by atoms with Gasteiger partial charge in [-0.05, 0) is 55.0 Å². The summed E-state index contributed by atoms with van der Waals surface area (Å²) in [4.78, 5) is 12.9. The van der Waals surface area contributed by atoms with Gasteiger partial charge in [0.1, 0.15) is 12.4 Å². The molecule has 0 saturated carbocycles. The van der Waals surface area contributed by atoms with E-state index < -0.39 is 0 Å². The molecule has 4 rings (SSSR count). The number of halogens is 1. The summed E-state index contributed by atoms with van der Waals surface area (Å²) in [5, 5.41) is 0. The number of pyridine rings is 3. The zero-order valence-electron chi connectivity index (χ0n) is 13.8. The predicted octanol–water partition coefficient (Wildman–Crippen LogP) is 4.14. The van der Waals surface area contributed by atoms with Gasteiger partial charge >= 0.3 is 0 Å². The second-order valence-electron chi connectivity index (χ2n) is 6.14. The van der Waals surface area contributed by atoms with Gasteiger partial charge in [0.2, 0.25) is 5.88 Å². The van der Waals surface area contributed by atoms with Gasteiger partial charge in [-0.2, -0.15) is 0 Å². The lowest BCUT2D eigenvalue weighted by molar-refractivity contribution is 0.288. The molecule has 0 spiro atoms. The molecule has 0 aliphatic heterocycles. The van der Waals surface area contributed by atoms with Crippen molar-refractivity contribution in [1.82, 2.24) is 15.0 Å². The van der Waals surface area contributed by atoms with E-state index >= 15 is 0 Å². The maximum Gasteiger partial charge on any atom is 0.214 e. The van der Waals surface area contributed by atoms with Crippen molar-refractivity contribution in [1.29, 1.82) is 0 Å². The summed E-state index contributed by atoms with van der Waals surface area (Å²) in [5.74, 6) is 0.209. The monoisotopic (exact) mass is 335 g/mol. The van der Waals surface area contributed by atoms with Crippen molar-refractivity contribution in [3.63, 3.8) is 0 Å². The van der Waals surface area contributed by atoms with E-state index in [4.69, 9.17) is 4.74 Å². The fourth-order valence-electron chi connectivity index (χ4n) is 3.20. The standard InChI is InChI=1S/C20H18FN3O/c21-15-9-14(11-22-12-15)18-10-20(24-19-7-2-1-6-17(18)19)25-13-16-5-3-4-8-23-16/h3-5,8-12H,1-2,6-7,13H2. The molecule has 0 fully saturated rings. The molecule has 25 heavy (non-hydrogen) atoms. The first-order valence-corrected chi connectivity index (χ1v) is 8.46. The molecule has 0 aromatic carbocycles. The van der Waals surface area contributed by atoms with Crippen LogP contribution in [0.3, 0.4) is 0 Å². The van der Waals surface area contributed by atoms with Gasteiger partial charge in [-0.15, -0.1) is 0 Å². The van der Waals surface area contributed by atoms with Crippen LogP contribution in [0.2, 0.25) is 0 Å². The summed E-state index contributed by atoms with van der Waals surface area (Å²) < 4.78 is 19.5. The van der Waals surface area contributed by atoms with Crippen molar-refractivity contribution in [2.24, 2.45) is 0 Å². The summed E-state index contributed by atoms with van der Waals surface area (Å²) in [6.45, 7) is 0.355. The average Bonchev–Trinajstić information content (AvgIpc) is 2.66. The number of nitrogens with zero attached hydrogens (tertiary/aromatic N) is 3. The van der Waals surface area contributed by atoms with E-state index in [9.17, 15) is 4.39 Å². The van der Waals surface area contributed by atoms with Crippen LogP contribution >= 0.6 is 0 Å². The van der Waals surface area contributed by atoms with Crippen molar-refractivity contribution in [3.8, 4) is 17.0 Å². The molecule has 0 atom stereocenters. The van der Waals surface area contributed by atoms with Crippen LogP contribution in [0.5, 0.6) is 5.88 Å². The van der Waals surface area contributed by atoms with Crippen LogP contribution in [0.15, 0.2) is 48.9 Å². The number of rotatable bonds is 4. The Morgan fingerprint density at radius 1 is 1.08 bits per heavy atom. The minimum Gasteiger partial charge on any atom is -0.471 e. The molecule has 3 aromatic heterocycles. The van der Waals surface area contributed by atoms with Gasteiger partial charge in [0.25, 0.3) is 0 Å². The van der Waals surface area contributed by atoms with E-state index in [2.05, 4.69) is 15.0 Å². The third-order valence-electron chi connectivity index (χ3n) is 4.39. The Labute approximate surface area is 145 Å². The van der Waals surface area contributed by atoms with E-state index in [1.54, 1.807) is 12.4 Å². The van der Waals surface area contributed by atoms with Crippen molar-refractivity contribution in [2.45, 2.75) is 32.3 Å². The Morgan fingerprint density at radius 3 is 2.84 bits per heavy atom. The van der Waals surface area contributed by atoms with Gasteiger partial charge in [-0.25, -0.2) is 9.37 Å². The highest BCUT2D eigenvalue weighted by molar-refractivity contribution is 5.69. The minimum absolute atomic E-state index is 0.338. The number of aryl methyl sites for hydroxylation is 1. The molecule has 1 aliphatic carbocycles. The van der Waals surface area contributed by atoms with Gasteiger partial charge in [0, 0.05) is 29.7 Å². The first-order valence-electron chi connectivity index (χ1n) is 8.46. The maximum absolute atomic E-state index is 13.6. The molecule has 4 nitrogen and oxygen atoms in total. The third kappa shape index (κ3) is 3.50. The smallest absolute Gasteiger partial charge is 0.214 e. The van der Waals surface area contributed by atoms with Crippen LogP contribution in [-0.2, 0) is 19.4 Å². The third-order valence-corrected chi connectivity index (χ3v) is 4.39. The second-order valence-corrected chi connectivity index (χ2v) is 6.14. The number of hydrogen-bond acceptors (Lipinski definition) is 4.